The van der Waals surface area contributed by atoms with E-state index < -0.39 is 31.7 Å². The molecule has 0 unspecified atom stereocenters. The second-order valence-electron chi connectivity index (χ2n) is 17.9. The molecule has 0 saturated heterocycles. The molecule has 0 nitrogen and oxygen atoms in total. The SMILES string of the molecule is [Rh].c1ccc([PH+](c2ccccc2)c2ccccc2)cc1.c1ccc([PH+](c2ccccc2)c2ccccc2)cc1.c1ccc([PH+](c2ccccc2)c2ccccc2)cc1.c1ccc([PH+](c2ccccc2)c2ccccc2)cc1. The van der Waals surface area contributed by atoms with E-state index in [2.05, 4.69) is 364 Å². The van der Waals surface area contributed by atoms with E-state index in [1.54, 1.807) is 0 Å². The predicted molar refractivity (Wildman–Crippen MR) is 346 cm³/mol. The van der Waals surface area contributed by atoms with Gasteiger partial charge in [0.25, 0.3) is 0 Å². The summed E-state index contributed by atoms with van der Waals surface area (Å²) in [5.74, 6) is 0. The summed E-state index contributed by atoms with van der Waals surface area (Å²) in [5, 5.41) is 17.2. The van der Waals surface area contributed by atoms with E-state index in [0.29, 0.717) is 0 Å². The maximum Gasteiger partial charge on any atom is 0.102 e. The molecule has 1 radical (unpaired) electrons. The molecular weight excluding hydrogens is 1090 g/mol. The summed E-state index contributed by atoms with van der Waals surface area (Å²) in [6.07, 6.45) is 0. The second-order valence-corrected chi connectivity index (χ2v) is 27.8. The van der Waals surface area contributed by atoms with Crippen molar-refractivity contribution < 1.29 is 19.5 Å². The normalized spacial score (nSPS) is 10.4. The van der Waals surface area contributed by atoms with Crippen molar-refractivity contribution in [2.45, 2.75) is 0 Å². The third-order valence-electron chi connectivity index (χ3n) is 12.7. The average Bonchev–Trinajstić information content (AvgIpc) is 3.51. The molecule has 0 aliphatic rings. The molecule has 0 aliphatic heterocycles. The van der Waals surface area contributed by atoms with Crippen LogP contribution in [-0.2, 0) is 19.5 Å². The zero-order valence-corrected chi connectivity index (χ0v) is 48.6. The first kappa shape index (κ1) is 56.2. The molecule has 0 atom stereocenters. The van der Waals surface area contributed by atoms with Crippen LogP contribution in [0.15, 0.2) is 364 Å². The molecule has 0 fully saturated rings. The van der Waals surface area contributed by atoms with E-state index in [1.807, 2.05) is 0 Å². The van der Waals surface area contributed by atoms with Crippen molar-refractivity contribution in [1.29, 1.82) is 0 Å². The van der Waals surface area contributed by atoms with E-state index in [-0.39, 0.29) is 19.5 Å². The van der Waals surface area contributed by atoms with E-state index >= 15 is 0 Å². The number of hydrogen-bond donors (Lipinski definition) is 0. The topological polar surface area (TPSA) is 0 Å². The summed E-state index contributed by atoms with van der Waals surface area (Å²) in [6.45, 7) is 0. The summed E-state index contributed by atoms with van der Waals surface area (Å²) in [5.41, 5.74) is 0. The molecule has 0 bridgehead atoms. The standard InChI is InChI=1S/4C18H15P.Rh/c4*1-4-10-16(11-5-1)19(17-12-6-2-7-13-17)18-14-8-3-9-15-18;/h4*1-15H;/p+4. The van der Waals surface area contributed by atoms with Gasteiger partial charge >= 0.3 is 0 Å². The van der Waals surface area contributed by atoms with Crippen molar-refractivity contribution >= 4 is 95.3 Å². The predicted octanol–water partition coefficient (Wildman–Crippen LogP) is 12.7. The zero-order valence-electron chi connectivity index (χ0n) is 43.0. The Labute approximate surface area is 475 Å². The number of rotatable bonds is 12. The fourth-order valence-electron chi connectivity index (χ4n) is 9.26. The minimum absolute atomic E-state index is 0. The molecule has 12 aromatic carbocycles. The zero-order chi connectivity index (χ0) is 51.7. The van der Waals surface area contributed by atoms with Crippen LogP contribution in [0.25, 0.3) is 0 Å². The Morgan fingerprint density at radius 3 is 0.234 bits per heavy atom. The van der Waals surface area contributed by atoms with Gasteiger partial charge in [0, 0.05) is 19.5 Å². The maximum atomic E-state index is 2.24. The van der Waals surface area contributed by atoms with Crippen LogP contribution >= 0.6 is 31.7 Å². The van der Waals surface area contributed by atoms with Crippen LogP contribution in [0.2, 0.25) is 0 Å². The molecule has 0 spiro atoms. The fraction of sp³-hybridized carbons (Fsp3) is 0. The van der Waals surface area contributed by atoms with Gasteiger partial charge in [0.15, 0.2) is 0 Å². The van der Waals surface area contributed by atoms with Crippen LogP contribution in [0.3, 0.4) is 0 Å². The minimum atomic E-state index is -0.877. The van der Waals surface area contributed by atoms with Crippen LogP contribution in [0, 0.1) is 0 Å². The average molecular weight is 1160 g/mol. The van der Waals surface area contributed by atoms with Crippen molar-refractivity contribution in [3.05, 3.63) is 364 Å². The monoisotopic (exact) mass is 1160 g/mol. The Bertz CT molecular complexity index is 2580. The van der Waals surface area contributed by atoms with E-state index in [1.165, 1.54) is 63.7 Å². The van der Waals surface area contributed by atoms with Gasteiger partial charge in [0.05, 0.1) is 31.7 Å². The van der Waals surface area contributed by atoms with Gasteiger partial charge in [-0.25, -0.2) is 0 Å². The van der Waals surface area contributed by atoms with Crippen LogP contribution < -0.4 is 63.7 Å². The van der Waals surface area contributed by atoms with Crippen molar-refractivity contribution in [2.75, 3.05) is 0 Å². The molecule has 77 heavy (non-hydrogen) atoms. The summed E-state index contributed by atoms with van der Waals surface area (Å²) in [7, 11) is -3.51. The van der Waals surface area contributed by atoms with Gasteiger partial charge in [-0.3, -0.25) is 0 Å². The Kier molecular flexibility index (Phi) is 22.8. The molecule has 0 aliphatic carbocycles. The Balaban J connectivity index is 0.000000135. The van der Waals surface area contributed by atoms with Gasteiger partial charge in [0.1, 0.15) is 63.7 Å². The molecule has 377 valence electrons. The molecule has 5 heteroatoms. The Morgan fingerprint density at radius 1 is 0.104 bits per heavy atom. The van der Waals surface area contributed by atoms with E-state index in [0.717, 1.165) is 0 Å². The minimum Gasteiger partial charge on any atom is -0.0620 e. The molecule has 0 heterocycles. The van der Waals surface area contributed by atoms with Crippen molar-refractivity contribution in [3.8, 4) is 0 Å². The van der Waals surface area contributed by atoms with E-state index in [4.69, 9.17) is 0 Å². The second kappa shape index (κ2) is 31.3. The molecule has 0 N–H and O–H groups in total. The van der Waals surface area contributed by atoms with Gasteiger partial charge in [-0.05, 0) is 146 Å². The largest absolute Gasteiger partial charge is 0.102 e. The Morgan fingerprint density at radius 2 is 0.169 bits per heavy atom. The third kappa shape index (κ3) is 16.5. The molecule has 0 aromatic heterocycles. The molecule has 0 amide bonds. The van der Waals surface area contributed by atoms with Crippen LogP contribution in [-0.4, -0.2) is 0 Å². The third-order valence-corrected chi connectivity index (χ3v) is 23.7. The first-order valence-corrected chi connectivity index (χ1v) is 31.9. The van der Waals surface area contributed by atoms with Crippen LogP contribution in [0.5, 0.6) is 0 Å². The molecule has 12 rings (SSSR count). The summed E-state index contributed by atoms with van der Waals surface area (Å²) in [6, 6.07) is 130. The summed E-state index contributed by atoms with van der Waals surface area (Å²) in [4.78, 5) is 0. The molecular formula is C72H64P4Rh+4. The Hall–Kier alpha value is -7.02. The molecule has 0 saturated carbocycles. The van der Waals surface area contributed by atoms with Crippen molar-refractivity contribution in [2.24, 2.45) is 0 Å². The first-order valence-electron chi connectivity index (χ1n) is 25.9. The quantitative estimate of drug-likeness (QED) is 0.0845. The maximum absolute atomic E-state index is 2.24. The molecule has 12 aromatic rings. The van der Waals surface area contributed by atoms with Gasteiger partial charge < -0.3 is 0 Å². The van der Waals surface area contributed by atoms with Crippen LogP contribution in [0.4, 0.5) is 0 Å². The number of hydrogen-bond acceptors (Lipinski definition) is 0. The van der Waals surface area contributed by atoms with E-state index in [9.17, 15) is 0 Å². The van der Waals surface area contributed by atoms with Gasteiger partial charge in [-0.2, -0.15) is 0 Å². The summed E-state index contributed by atoms with van der Waals surface area (Å²) < 4.78 is 0. The fourth-order valence-corrected chi connectivity index (χ4v) is 19.6. The first-order chi connectivity index (χ1) is 37.8. The summed E-state index contributed by atoms with van der Waals surface area (Å²) >= 11 is 0. The number of benzene rings is 12. The van der Waals surface area contributed by atoms with Crippen molar-refractivity contribution in [1.82, 2.24) is 0 Å². The van der Waals surface area contributed by atoms with Gasteiger partial charge in [0.2, 0.25) is 0 Å². The van der Waals surface area contributed by atoms with Crippen LogP contribution in [0.1, 0.15) is 0 Å². The van der Waals surface area contributed by atoms with Gasteiger partial charge in [-0.15, -0.1) is 0 Å². The van der Waals surface area contributed by atoms with Gasteiger partial charge in [-0.1, -0.05) is 218 Å². The smallest absolute Gasteiger partial charge is 0.0620 e. The van der Waals surface area contributed by atoms with Crippen molar-refractivity contribution in [3.63, 3.8) is 0 Å².